The highest BCUT2D eigenvalue weighted by Crippen LogP contribution is 2.21. The quantitative estimate of drug-likeness (QED) is 0.863. The number of nitrogens with two attached hydrogens (primary N) is 1. The van der Waals surface area contributed by atoms with Crippen LogP contribution in [0.3, 0.4) is 0 Å². The third-order valence-electron chi connectivity index (χ3n) is 3.29. The molecule has 1 aliphatic heterocycles. The molecule has 2 N–H and O–H groups in total. The van der Waals surface area contributed by atoms with E-state index in [0.29, 0.717) is 11.5 Å². The van der Waals surface area contributed by atoms with E-state index < -0.39 is 0 Å². The van der Waals surface area contributed by atoms with Crippen LogP contribution in [0.15, 0.2) is 30.3 Å². The number of amides is 1. The van der Waals surface area contributed by atoms with Crippen LogP contribution < -0.4 is 5.73 Å². The van der Waals surface area contributed by atoms with Crippen LogP contribution in [0.4, 0.5) is 5.82 Å². The minimum atomic E-state index is -0.0160. The zero-order valence-corrected chi connectivity index (χ0v) is 11.3. The van der Waals surface area contributed by atoms with Crippen molar-refractivity contribution in [3.63, 3.8) is 0 Å². The van der Waals surface area contributed by atoms with Crippen molar-refractivity contribution in [3.05, 3.63) is 36.0 Å². The number of anilines is 1. The van der Waals surface area contributed by atoms with E-state index >= 15 is 0 Å². The van der Waals surface area contributed by atoms with Gasteiger partial charge in [0.1, 0.15) is 11.5 Å². The number of carbonyl (C=O) groups excluding carboxylic acids is 1. The Kier molecular flexibility index (Phi) is 3.29. The number of aromatic nitrogens is 1. The number of nitrogen functional groups attached to an aromatic ring is 1. The lowest BCUT2D eigenvalue weighted by molar-refractivity contribution is 0.0767. The molecule has 1 aromatic carbocycles. The van der Waals surface area contributed by atoms with E-state index in [1.807, 2.05) is 47.0 Å². The van der Waals surface area contributed by atoms with Crippen LogP contribution in [0.1, 0.15) is 10.5 Å². The Hall–Kier alpha value is -1.75. The smallest absolute Gasteiger partial charge is 0.272 e. The Labute approximate surface area is 116 Å². The largest absolute Gasteiger partial charge is 0.383 e. The Morgan fingerprint density at radius 3 is 2.79 bits per heavy atom. The molecule has 0 radical (unpaired) electrons. The molecule has 2 heterocycles. The molecule has 1 fully saturated rings. The molecule has 0 atom stereocenters. The van der Waals surface area contributed by atoms with E-state index in [1.165, 1.54) is 0 Å². The lowest BCUT2D eigenvalue weighted by Gasteiger charge is -2.26. The zero-order valence-electron chi connectivity index (χ0n) is 10.5. The van der Waals surface area contributed by atoms with E-state index in [0.717, 1.165) is 35.4 Å². The van der Waals surface area contributed by atoms with Crippen molar-refractivity contribution in [3.8, 4) is 0 Å². The summed E-state index contributed by atoms with van der Waals surface area (Å²) in [4.78, 5) is 18.5. The Morgan fingerprint density at radius 2 is 2.00 bits per heavy atom. The molecule has 0 spiro atoms. The van der Waals surface area contributed by atoms with E-state index in [4.69, 9.17) is 5.73 Å². The molecule has 5 heteroatoms. The van der Waals surface area contributed by atoms with Gasteiger partial charge >= 0.3 is 0 Å². The van der Waals surface area contributed by atoms with Crippen LogP contribution in [-0.2, 0) is 0 Å². The second-order valence-corrected chi connectivity index (χ2v) is 5.74. The lowest BCUT2D eigenvalue weighted by Crippen LogP contribution is -2.38. The first-order valence-corrected chi connectivity index (χ1v) is 7.43. The number of rotatable bonds is 1. The molecule has 19 heavy (non-hydrogen) atoms. The van der Waals surface area contributed by atoms with E-state index in [9.17, 15) is 4.79 Å². The third-order valence-corrected chi connectivity index (χ3v) is 4.23. The standard InChI is InChI=1S/C14H15N3OS/c15-13-11-4-2-1-3-10(11)9-12(16-13)14(18)17-5-7-19-8-6-17/h1-4,9H,5-8H2,(H2,15,16). The van der Waals surface area contributed by atoms with Crippen LogP contribution in [-0.4, -0.2) is 40.4 Å². The number of hydrogen-bond donors (Lipinski definition) is 1. The molecule has 98 valence electrons. The monoisotopic (exact) mass is 273 g/mol. The second kappa shape index (κ2) is 5.09. The van der Waals surface area contributed by atoms with Gasteiger partial charge in [-0.2, -0.15) is 11.8 Å². The number of pyridine rings is 1. The van der Waals surface area contributed by atoms with Crippen LogP contribution in [0.5, 0.6) is 0 Å². The summed E-state index contributed by atoms with van der Waals surface area (Å²) in [7, 11) is 0. The van der Waals surface area contributed by atoms with E-state index in [-0.39, 0.29) is 5.91 Å². The molecular formula is C14H15N3OS. The normalized spacial score (nSPS) is 15.7. The molecule has 1 aliphatic rings. The average Bonchev–Trinajstić information content (AvgIpc) is 2.47. The predicted octanol–water partition coefficient (Wildman–Crippen LogP) is 2.01. The Balaban J connectivity index is 1.98. The summed E-state index contributed by atoms with van der Waals surface area (Å²) >= 11 is 1.88. The summed E-state index contributed by atoms with van der Waals surface area (Å²) in [5, 5.41) is 1.86. The second-order valence-electron chi connectivity index (χ2n) is 4.52. The molecule has 0 saturated carbocycles. The van der Waals surface area contributed by atoms with Gasteiger partial charge in [-0.15, -0.1) is 0 Å². The fourth-order valence-electron chi connectivity index (χ4n) is 2.26. The highest BCUT2D eigenvalue weighted by Gasteiger charge is 2.20. The maximum atomic E-state index is 12.4. The van der Waals surface area contributed by atoms with Gasteiger partial charge in [0.2, 0.25) is 0 Å². The topological polar surface area (TPSA) is 59.2 Å². The minimum absolute atomic E-state index is 0.0160. The number of nitrogens with zero attached hydrogens (tertiary/aromatic N) is 2. The first kappa shape index (κ1) is 12.3. The fourth-order valence-corrected chi connectivity index (χ4v) is 3.17. The van der Waals surface area contributed by atoms with Crippen molar-refractivity contribution < 1.29 is 4.79 Å². The molecular weight excluding hydrogens is 258 g/mol. The average molecular weight is 273 g/mol. The molecule has 2 aromatic rings. The fraction of sp³-hybridized carbons (Fsp3) is 0.286. The molecule has 4 nitrogen and oxygen atoms in total. The highest BCUT2D eigenvalue weighted by atomic mass is 32.2. The number of thioether (sulfide) groups is 1. The first-order valence-electron chi connectivity index (χ1n) is 6.28. The number of benzene rings is 1. The summed E-state index contributed by atoms with van der Waals surface area (Å²) < 4.78 is 0. The van der Waals surface area contributed by atoms with Gasteiger partial charge in [-0.3, -0.25) is 4.79 Å². The summed E-state index contributed by atoms with van der Waals surface area (Å²) in [6.45, 7) is 1.58. The van der Waals surface area contributed by atoms with Gasteiger partial charge in [-0.1, -0.05) is 24.3 Å². The van der Waals surface area contributed by atoms with Crippen molar-refractivity contribution in [2.45, 2.75) is 0 Å². The maximum Gasteiger partial charge on any atom is 0.272 e. The van der Waals surface area contributed by atoms with Gasteiger partial charge in [0, 0.05) is 30.0 Å². The minimum Gasteiger partial charge on any atom is -0.383 e. The molecule has 1 amide bonds. The third kappa shape index (κ3) is 2.38. The molecule has 0 aliphatic carbocycles. The van der Waals surface area contributed by atoms with Crippen molar-refractivity contribution in [1.29, 1.82) is 0 Å². The SMILES string of the molecule is Nc1nc(C(=O)N2CCSCC2)cc2ccccc12. The number of carbonyl (C=O) groups is 1. The van der Waals surface area contributed by atoms with Gasteiger partial charge < -0.3 is 10.6 Å². The van der Waals surface area contributed by atoms with Gasteiger partial charge in [0.15, 0.2) is 0 Å². The van der Waals surface area contributed by atoms with Gasteiger partial charge in [0.05, 0.1) is 0 Å². The summed E-state index contributed by atoms with van der Waals surface area (Å²) in [6, 6.07) is 9.56. The Morgan fingerprint density at radius 1 is 1.26 bits per heavy atom. The summed E-state index contributed by atoms with van der Waals surface area (Å²) in [6.07, 6.45) is 0. The zero-order chi connectivity index (χ0) is 13.2. The molecule has 0 bridgehead atoms. The first-order chi connectivity index (χ1) is 9.25. The maximum absolute atomic E-state index is 12.4. The van der Waals surface area contributed by atoms with Crippen LogP contribution in [0, 0.1) is 0 Å². The highest BCUT2D eigenvalue weighted by molar-refractivity contribution is 7.99. The number of fused-ring (bicyclic) bond motifs is 1. The van der Waals surface area contributed by atoms with Crippen molar-refractivity contribution in [2.75, 3.05) is 30.3 Å². The molecule has 1 aromatic heterocycles. The summed E-state index contributed by atoms with van der Waals surface area (Å²) in [5.41, 5.74) is 6.39. The lowest BCUT2D eigenvalue weighted by atomic mass is 10.1. The van der Waals surface area contributed by atoms with Crippen molar-refractivity contribution >= 4 is 34.3 Å². The van der Waals surface area contributed by atoms with Gasteiger partial charge in [0.25, 0.3) is 5.91 Å². The van der Waals surface area contributed by atoms with Crippen molar-refractivity contribution in [2.24, 2.45) is 0 Å². The van der Waals surface area contributed by atoms with Crippen LogP contribution >= 0.6 is 11.8 Å². The Bertz CT molecular complexity index is 623. The molecule has 3 rings (SSSR count). The van der Waals surface area contributed by atoms with E-state index in [1.54, 1.807) is 0 Å². The predicted molar refractivity (Wildman–Crippen MR) is 79.4 cm³/mol. The van der Waals surface area contributed by atoms with Crippen molar-refractivity contribution in [1.82, 2.24) is 9.88 Å². The van der Waals surface area contributed by atoms with Crippen LogP contribution in [0.25, 0.3) is 10.8 Å². The molecule has 1 saturated heterocycles. The van der Waals surface area contributed by atoms with E-state index in [2.05, 4.69) is 4.98 Å². The summed E-state index contributed by atoms with van der Waals surface area (Å²) in [5.74, 6) is 2.40. The van der Waals surface area contributed by atoms with Crippen LogP contribution in [0.2, 0.25) is 0 Å². The number of hydrogen-bond acceptors (Lipinski definition) is 4. The van der Waals surface area contributed by atoms with Gasteiger partial charge in [-0.05, 0) is 11.5 Å². The van der Waals surface area contributed by atoms with Gasteiger partial charge in [-0.25, -0.2) is 4.98 Å². The molecule has 0 unspecified atom stereocenters.